The molecular formula is C14H14N2O4S2. The first-order chi connectivity index (χ1) is 10.5. The van der Waals surface area contributed by atoms with Crippen LogP contribution in [0.25, 0.3) is 11.3 Å². The topological polar surface area (TPSA) is 85.3 Å². The quantitative estimate of drug-likeness (QED) is 0.772. The van der Waals surface area contributed by atoms with E-state index in [0.717, 1.165) is 22.6 Å². The van der Waals surface area contributed by atoms with Crippen molar-refractivity contribution in [3.05, 3.63) is 46.9 Å². The van der Waals surface area contributed by atoms with Crippen LogP contribution in [0.5, 0.6) is 0 Å². The lowest BCUT2D eigenvalue weighted by Gasteiger charge is -2.02. The van der Waals surface area contributed by atoms with E-state index in [2.05, 4.69) is 9.88 Å². The highest BCUT2D eigenvalue weighted by Gasteiger charge is 2.20. The summed E-state index contributed by atoms with van der Waals surface area (Å²) < 4.78 is 37.6. The molecule has 0 fully saturated rings. The van der Waals surface area contributed by atoms with Crippen molar-refractivity contribution < 1.29 is 17.4 Å². The molecule has 3 aromatic heterocycles. The molecule has 0 aliphatic heterocycles. The van der Waals surface area contributed by atoms with Crippen molar-refractivity contribution in [1.82, 2.24) is 9.88 Å². The van der Waals surface area contributed by atoms with Gasteiger partial charge < -0.3 is 8.94 Å². The number of aryl methyl sites for hydroxylation is 1. The third-order valence-electron chi connectivity index (χ3n) is 3.28. The fraction of sp³-hybridized carbons (Fsp3) is 0.214. The second kappa shape index (κ2) is 5.71. The number of rotatable bonds is 5. The van der Waals surface area contributed by atoms with E-state index in [-0.39, 0.29) is 10.8 Å². The maximum atomic E-state index is 12.3. The van der Waals surface area contributed by atoms with E-state index in [9.17, 15) is 8.42 Å². The first-order valence-corrected chi connectivity index (χ1v) is 8.87. The minimum absolute atomic E-state index is 0.114. The number of hydrogen-bond acceptors (Lipinski definition) is 6. The van der Waals surface area contributed by atoms with Gasteiger partial charge in [0.15, 0.2) is 5.76 Å². The number of sulfonamides is 1. The molecule has 0 bridgehead atoms. The van der Waals surface area contributed by atoms with Crippen LogP contribution in [0.1, 0.15) is 17.0 Å². The number of furan rings is 1. The molecule has 8 heteroatoms. The molecule has 0 atom stereocenters. The zero-order valence-corrected chi connectivity index (χ0v) is 13.6. The molecule has 0 radical (unpaired) electrons. The second-order valence-corrected chi connectivity index (χ2v) is 7.69. The van der Waals surface area contributed by atoms with Gasteiger partial charge in [0.25, 0.3) is 0 Å². The SMILES string of the molecule is Cc1noc(-c2csc(S(=O)(=O)NCc3ccco3)c2)c1C. The van der Waals surface area contributed by atoms with Crippen LogP contribution < -0.4 is 4.72 Å². The Morgan fingerprint density at radius 2 is 2.18 bits per heavy atom. The van der Waals surface area contributed by atoms with Gasteiger partial charge in [-0.3, -0.25) is 0 Å². The molecule has 6 nitrogen and oxygen atoms in total. The van der Waals surface area contributed by atoms with Gasteiger partial charge >= 0.3 is 0 Å². The molecule has 0 unspecified atom stereocenters. The third-order valence-corrected chi connectivity index (χ3v) is 6.12. The minimum atomic E-state index is -3.58. The van der Waals surface area contributed by atoms with Crippen LogP contribution in [0.4, 0.5) is 0 Å². The Morgan fingerprint density at radius 1 is 1.36 bits per heavy atom. The van der Waals surface area contributed by atoms with Gasteiger partial charge in [-0.15, -0.1) is 11.3 Å². The highest BCUT2D eigenvalue weighted by molar-refractivity contribution is 7.91. The van der Waals surface area contributed by atoms with Crippen LogP contribution >= 0.6 is 11.3 Å². The Balaban J connectivity index is 1.82. The van der Waals surface area contributed by atoms with Gasteiger partial charge in [0.1, 0.15) is 9.97 Å². The van der Waals surface area contributed by atoms with Crippen LogP contribution in [-0.4, -0.2) is 13.6 Å². The Kier molecular flexibility index (Phi) is 3.90. The average molecular weight is 338 g/mol. The molecule has 0 spiro atoms. The van der Waals surface area contributed by atoms with Crippen molar-refractivity contribution in [2.75, 3.05) is 0 Å². The third kappa shape index (κ3) is 2.85. The van der Waals surface area contributed by atoms with Gasteiger partial charge in [-0.25, -0.2) is 13.1 Å². The molecule has 0 aliphatic carbocycles. The van der Waals surface area contributed by atoms with Gasteiger partial charge in [-0.05, 0) is 32.0 Å². The molecule has 0 saturated carbocycles. The Morgan fingerprint density at radius 3 is 2.82 bits per heavy atom. The van der Waals surface area contributed by atoms with Crippen LogP contribution in [-0.2, 0) is 16.6 Å². The lowest BCUT2D eigenvalue weighted by atomic mass is 10.1. The summed E-state index contributed by atoms with van der Waals surface area (Å²) in [6.07, 6.45) is 1.50. The summed E-state index contributed by atoms with van der Waals surface area (Å²) >= 11 is 1.14. The number of nitrogens with one attached hydrogen (secondary N) is 1. The van der Waals surface area contributed by atoms with Crippen molar-refractivity contribution in [1.29, 1.82) is 0 Å². The summed E-state index contributed by atoms with van der Waals surface area (Å²) in [6, 6.07) is 5.01. The summed E-state index contributed by atoms with van der Waals surface area (Å²) in [4.78, 5) is 0. The monoisotopic (exact) mass is 338 g/mol. The van der Waals surface area contributed by atoms with Crippen LogP contribution in [0.2, 0.25) is 0 Å². The number of hydrogen-bond donors (Lipinski definition) is 1. The molecule has 0 saturated heterocycles. The Hall–Kier alpha value is -1.90. The molecule has 0 amide bonds. The molecule has 3 aromatic rings. The molecular weight excluding hydrogens is 324 g/mol. The normalized spacial score (nSPS) is 11.9. The van der Waals surface area contributed by atoms with Crippen LogP contribution in [0.15, 0.2) is 43.0 Å². The molecule has 0 aliphatic rings. The van der Waals surface area contributed by atoms with Crippen molar-refractivity contribution >= 4 is 21.4 Å². The molecule has 116 valence electrons. The smallest absolute Gasteiger partial charge is 0.250 e. The highest BCUT2D eigenvalue weighted by atomic mass is 32.2. The first-order valence-electron chi connectivity index (χ1n) is 6.51. The molecule has 1 N–H and O–H groups in total. The van der Waals surface area contributed by atoms with Gasteiger partial charge in [-0.2, -0.15) is 0 Å². The summed E-state index contributed by atoms with van der Waals surface area (Å²) in [5.74, 6) is 1.16. The van der Waals surface area contributed by atoms with Crippen molar-refractivity contribution in [2.24, 2.45) is 0 Å². The van der Waals surface area contributed by atoms with Crippen molar-refractivity contribution in [3.63, 3.8) is 0 Å². The predicted molar refractivity (Wildman–Crippen MR) is 82.0 cm³/mol. The molecule has 3 rings (SSSR count). The van der Waals surface area contributed by atoms with Gasteiger partial charge in [0, 0.05) is 16.5 Å². The van der Waals surface area contributed by atoms with Crippen molar-refractivity contribution in [2.45, 2.75) is 24.6 Å². The van der Waals surface area contributed by atoms with E-state index in [1.165, 1.54) is 6.26 Å². The number of thiophene rings is 1. The Bertz CT molecular complexity index is 876. The summed E-state index contributed by atoms with van der Waals surface area (Å²) in [6.45, 7) is 3.85. The largest absolute Gasteiger partial charge is 0.468 e. The lowest BCUT2D eigenvalue weighted by Crippen LogP contribution is -2.22. The van der Waals surface area contributed by atoms with E-state index in [4.69, 9.17) is 8.94 Å². The van der Waals surface area contributed by atoms with E-state index in [0.29, 0.717) is 17.1 Å². The van der Waals surface area contributed by atoms with E-state index >= 15 is 0 Å². The van der Waals surface area contributed by atoms with Crippen LogP contribution in [0, 0.1) is 13.8 Å². The summed E-state index contributed by atoms with van der Waals surface area (Å²) in [7, 11) is -3.58. The Labute approximate surface area is 131 Å². The van der Waals surface area contributed by atoms with Crippen molar-refractivity contribution in [3.8, 4) is 11.3 Å². The van der Waals surface area contributed by atoms with Gasteiger partial charge in [0.05, 0.1) is 18.5 Å². The lowest BCUT2D eigenvalue weighted by molar-refractivity contribution is 0.427. The second-order valence-electron chi connectivity index (χ2n) is 4.78. The van der Waals surface area contributed by atoms with E-state index in [1.807, 2.05) is 13.8 Å². The fourth-order valence-corrected chi connectivity index (χ4v) is 4.11. The summed E-state index contributed by atoms with van der Waals surface area (Å²) in [5, 5.41) is 5.63. The standard InChI is InChI=1S/C14H14N2O4S2/c1-9-10(2)16-20-14(9)11-6-13(21-8-11)22(17,18)15-7-12-4-3-5-19-12/h3-6,8,15H,7H2,1-2H3. The minimum Gasteiger partial charge on any atom is -0.468 e. The summed E-state index contributed by atoms with van der Waals surface area (Å²) in [5.41, 5.74) is 2.41. The highest BCUT2D eigenvalue weighted by Crippen LogP contribution is 2.31. The van der Waals surface area contributed by atoms with E-state index < -0.39 is 10.0 Å². The maximum absolute atomic E-state index is 12.3. The number of aromatic nitrogens is 1. The van der Waals surface area contributed by atoms with Crippen LogP contribution in [0.3, 0.4) is 0 Å². The van der Waals surface area contributed by atoms with E-state index in [1.54, 1.807) is 23.6 Å². The molecule has 0 aromatic carbocycles. The first kappa shape index (κ1) is 15.0. The average Bonchev–Trinajstić information content (AvgIpc) is 3.20. The molecule has 22 heavy (non-hydrogen) atoms. The zero-order valence-electron chi connectivity index (χ0n) is 12.0. The van der Waals surface area contributed by atoms with Gasteiger partial charge in [-0.1, -0.05) is 5.16 Å². The predicted octanol–water partition coefficient (Wildman–Crippen LogP) is 3.09. The molecule has 3 heterocycles. The van der Waals surface area contributed by atoms with Gasteiger partial charge in [0.2, 0.25) is 10.0 Å². The zero-order chi connectivity index (χ0) is 15.7. The maximum Gasteiger partial charge on any atom is 0.250 e. The fourth-order valence-electron chi connectivity index (χ4n) is 1.91. The number of nitrogens with zero attached hydrogens (tertiary/aromatic N) is 1.